The Balaban J connectivity index is 1.80. The van der Waals surface area contributed by atoms with Gasteiger partial charge in [-0.1, -0.05) is 24.3 Å². The van der Waals surface area contributed by atoms with Gasteiger partial charge >= 0.3 is 0 Å². The molecule has 2 rings (SSSR count). The summed E-state index contributed by atoms with van der Waals surface area (Å²) >= 11 is 0. The van der Waals surface area contributed by atoms with Gasteiger partial charge in [0.2, 0.25) is 0 Å². The van der Waals surface area contributed by atoms with Crippen molar-refractivity contribution in [3.8, 4) is 5.75 Å². The molecule has 128 valence electrons. The smallest absolute Gasteiger partial charge is 0.191 e. The van der Waals surface area contributed by atoms with E-state index in [0.29, 0.717) is 6.54 Å². The van der Waals surface area contributed by atoms with Crippen molar-refractivity contribution in [3.63, 3.8) is 0 Å². The van der Waals surface area contributed by atoms with Gasteiger partial charge in [0, 0.05) is 20.1 Å². The number of rotatable bonds is 6. The number of nitrogens with zero attached hydrogens (tertiary/aromatic N) is 1. The molecular weight excluding hydrogens is 305 g/mol. The third-order valence-corrected chi connectivity index (χ3v) is 3.76. The van der Waals surface area contributed by atoms with Gasteiger partial charge in [-0.3, -0.25) is 4.99 Å². The number of ether oxygens (including phenoxy) is 1. The zero-order chi connectivity index (χ0) is 17.4. The Bertz CT molecular complexity index is 684. The van der Waals surface area contributed by atoms with Gasteiger partial charge in [-0.05, 0) is 48.2 Å². The molecule has 24 heavy (non-hydrogen) atoms. The lowest BCUT2D eigenvalue weighted by molar-refractivity contribution is 0.411. The van der Waals surface area contributed by atoms with Gasteiger partial charge in [-0.2, -0.15) is 0 Å². The summed E-state index contributed by atoms with van der Waals surface area (Å²) in [6.07, 6.45) is 0.808. The van der Waals surface area contributed by atoms with Gasteiger partial charge in [-0.15, -0.1) is 0 Å². The van der Waals surface area contributed by atoms with Crippen LogP contribution in [0.2, 0.25) is 0 Å². The zero-order valence-electron chi connectivity index (χ0n) is 14.4. The molecular formula is C19H24FN3O. The fraction of sp³-hybridized carbons (Fsp3) is 0.316. The number of hydrogen-bond donors (Lipinski definition) is 2. The average molecular weight is 329 g/mol. The maximum atomic E-state index is 12.9. The highest BCUT2D eigenvalue weighted by molar-refractivity contribution is 5.79. The third kappa shape index (κ3) is 5.26. The van der Waals surface area contributed by atoms with Crippen LogP contribution in [-0.2, 0) is 13.0 Å². The van der Waals surface area contributed by atoms with Gasteiger partial charge in [0.25, 0.3) is 0 Å². The Hall–Kier alpha value is -2.56. The highest BCUT2D eigenvalue weighted by Crippen LogP contribution is 2.18. The average Bonchev–Trinajstić information content (AvgIpc) is 2.59. The summed E-state index contributed by atoms with van der Waals surface area (Å²) in [7, 11) is 3.42. The first kappa shape index (κ1) is 17.8. The molecule has 0 bridgehead atoms. The largest absolute Gasteiger partial charge is 0.496 e. The maximum absolute atomic E-state index is 12.9. The molecule has 0 atom stereocenters. The SMILES string of the molecule is CN=C(NCCc1ccc(F)cc1)NCc1ccc(OC)c(C)c1. The summed E-state index contributed by atoms with van der Waals surface area (Å²) in [4.78, 5) is 4.21. The molecule has 2 aromatic carbocycles. The van der Waals surface area contributed by atoms with Crippen LogP contribution in [0.1, 0.15) is 16.7 Å². The summed E-state index contributed by atoms with van der Waals surface area (Å²) in [5, 5.41) is 6.54. The third-order valence-electron chi connectivity index (χ3n) is 3.76. The molecule has 4 nitrogen and oxygen atoms in total. The molecule has 0 spiro atoms. The van der Waals surface area contributed by atoms with E-state index in [1.54, 1.807) is 26.3 Å². The number of nitrogens with one attached hydrogen (secondary N) is 2. The number of hydrogen-bond acceptors (Lipinski definition) is 2. The Labute approximate surface area is 142 Å². The minimum Gasteiger partial charge on any atom is -0.496 e. The van der Waals surface area contributed by atoms with Gasteiger partial charge in [0.05, 0.1) is 7.11 Å². The molecule has 0 saturated carbocycles. The van der Waals surface area contributed by atoms with E-state index in [0.717, 1.165) is 41.4 Å². The van der Waals surface area contributed by atoms with Crippen molar-refractivity contribution in [2.75, 3.05) is 20.7 Å². The summed E-state index contributed by atoms with van der Waals surface area (Å²) < 4.78 is 18.1. The fourth-order valence-corrected chi connectivity index (χ4v) is 2.43. The molecule has 0 fully saturated rings. The van der Waals surface area contributed by atoms with E-state index in [-0.39, 0.29) is 5.82 Å². The molecule has 0 heterocycles. The van der Waals surface area contributed by atoms with E-state index in [9.17, 15) is 4.39 Å². The van der Waals surface area contributed by atoms with E-state index in [2.05, 4.69) is 21.7 Å². The van der Waals surface area contributed by atoms with Crippen molar-refractivity contribution in [1.29, 1.82) is 0 Å². The predicted molar refractivity (Wildman–Crippen MR) is 96.0 cm³/mol. The summed E-state index contributed by atoms with van der Waals surface area (Å²) in [5.41, 5.74) is 3.36. The van der Waals surface area contributed by atoms with Crippen molar-refractivity contribution in [2.24, 2.45) is 4.99 Å². The fourth-order valence-electron chi connectivity index (χ4n) is 2.43. The second-order valence-electron chi connectivity index (χ2n) is 5.53. The normalized spacial score (nSPS) is 11.2. The second-order valence-corrected chi connectivity index (χ2v) is 5.53. The Morgan fingerprint density at radius 1 is 1.08 bits per heavy atom. The van der Waals surface area contributed by atoms with Gasteiger partial charge < -0.3 is 15.4 Å². The maximum Gasteiger partial charge on any atom is 0.191 e. The molecule has 5 heteroatoms. The monoisotopic (exact) mass is 329 g/mol. The van der Waals surface area contributed by atoms with E-state index in [4.69, 9.17) is 4.74 Å². The quantitative estimate of drug-likeness (QED) is 0.632. The molecule has 0 aliphatic heterocycles. The van der Waals surface area contributed by atoms with Crippen LogP contribution < -0.4 is 15.4 Å². The number of methoxy groups -OCH3 is 1. The standard InChI is InChI=1S/C19H24FN3O/c1-14-12-16(6-9-18(14)24-3)13-23-19(21-2)22-11-10-15-4-7-17(20)8-5-15/h4-9,12H,10-11,13H2,1-3H3,(H2,21,22,23). The summed E-state index contributed by atoms with van der Waals surface area (Å²) in [6, 6.07) is 12.7. The Morgan fingerprint density at radius 3 is 2.42 bits per heavy atom. The van der Waals surface area contributed by atoms with Crippen LogP contribution >= 0.6 is 0 Å². The number of benzene rings is 2. The minimum atomic E-state index is -0.209. The lowest BCUT2D eigenvalue weighted by Crippen LogP contribution is -2.37. The lowest BCUT2D eigenvalue weighted by atomic mass is 10.1. The van der Waals surface area contributed by atoms with Crippen molar-refractivity contribution in [3.05, 3.63) is 65.0 Å². The first-order valence-electron chi connectivity index (χ1n) is 7.95. The van der Waals surface area contributed by atoms with E-state index >= 15 is 0 Å². The van der Waals surface area contributed by atoms with Crippen LogP contribution in [0.4, 0.5) is 4.39 Å². The molecule has 0 radical (unpaired) electrons. The van der Waals surface area contributed by atoms with E-state index in [1.807, 2.05) is 19.1 Å². The minimum absolute atomic E-state index is 0.209. The van der Waals surface area contributed by atoms with Crippen molar-refractivity contribution >= 4 is 5.96 Å². The second kappa shape index (κ2) is 8.91. The van der Waals surface area contributed by atoms with Gasteiger partial charge in [0.1, 0.15) is 11.6 Å². The highest BCUT2D eigenvalue weighted by Gasteiger charge is 2.02. The number of aryl methyl sites for hydroxylation is 1. The van der Waals surface area contributed by atoms with Crippen molar-refractivity contribution in [1.82, 2.24) is 10.6 Å². The van der Waals surface area contributed by atoms with Crippen molar-refractivity contribution < 1.29 is 9.13 Å². The highest BCUT2D eigenvalue weighted by atomic mass is 19.1. The van der Waals surface area contributed by atoms with E-state index < -0.39 is 0 Å². The Morgan fingerprint density at radius 2 is 1.79 bits per heavy atom. The first-order chi connectivity index (χ1) is 11.6. The van der Waals surface area contributed by atoms with Crippen molar-refractivity contribution in [2.45, 2.75) is 19.9 Å². The topological polar surface area (TPSA) is 45.7 Å². The molecule has 2 aromatic rings. The Kier molecular flexibility index (Phi) is 6.61. The summed E-state index contributed by atoms with van der Waals surface area (Å²) in [6.45, 7) is 3.44. The molecule has 0 unspecified atom stereocenters. The molecule has 0 amide bonds. The molecule has 0 saturated heterocycles. The van der Waals surface area contributed by atoms with E-state index in [1.165, 1.54) is 12.1 Å². The van der Waals surface area contributed by atoms with Crippen LogP contribution in [0.15, 0.2) is 47.5 Å². The molecule has 0 aliphatic carbocycles. The number of halogens is 1. The summed E-state index contributed by atoms with van der Waals surface area (Å²) in [5.74, 6) is 1.42. The van der Waals surface area contributed by atoms with Gasteiger partial charge in [0.15, 0.2) is 5.96 Å². The predicted octanol–water partition coefficient (Wildman–Crippen LogP) is 3.05. The molecule has 0 aromatic heterocycles. The molecule has 0 aliphatic rings. The van der Waals surface area contributed by atoms with Crippen LogP contribution in [0.5, 0.6) is 5.75 Å². The van der Waals surface area contributed by atoms with Crippen LogP contribution in [0.3, 0.4) is 0 Å². The van der Waals surface area contributed by atoms with Gasteiger partial charge in [-0.25, -0.2) is 4.39 Å². The van der Waals surface area contributed by atoms with Crippen LogP contribution in [-0.4, -0.2) is 26.7 Å². The zero-order valence-corrected chi connectivity index (χ0v) is 14.4. The van der Waals surface area contributed by atoms with Crippen LogP contribution in [0, 0.1) is 12.7 Å². The number of aliphatic imine (C=N–C) groups is 1. The lowest BCUT2D eigenvalue weighted by Gasteiger charge is -2.13. The van der Waals surface area contributed by atoms with Crippen LogP contribution in [0.25, 0.3) is 0 Å². The molecule has 2 N–H and O–H groups in total. The number of guanidine groups is 1. The first-order valence-corrected chi connectivity index (χ1v) is 7.95.